The number of nitrogens with one attached hydrogen (secondary N) is 2. The molecular weight excluding hydrogens is 312 g/mol. The highest BCUT2D eigenvalue weighted by Gasteiger charge is 2.12. The van der Waals surface area contributed by atoms with Gasteiger partial charge in [-0.1, -0.05) is 31.5 Å². The molecule has 2 aromatic rings. The van der Waals surface area contributed by atoms with Crippen molar-refractivity contribution in [2.24, 2.45) is 5.92 Å². The standard InChI is InChI=1S/C20H28N4O/c1-12(2)7-8-21-19(25)17-11-16(6)22-20(23-17)24-18-14(4)9-13(3)10-15(18)5/h9-12H,7-8H2,1-6H3,(H,21,25)(H,22,23,24). The second-order valence-electron chi connectivity index (χ2n) is 7.06. The van der Waals surface area contributed by atoms with E-state index in [1.165, 1.54) is 5.56 Å². The zero-order valence-corrected chi connectivity index (χ0v) is 16.0. The largest absolute Gasteiger partial charge is 0.351 e. The molecule has 2 rings (SSSR count). The minimum absolute atomic E-state index is 0.161. The Balaban J connectivity index is 2.20. The third-order valence-corrected chi connectivity index (χ3v) is 4.01. The van der Waals surface area contributed by atoms with Gasteiger partial charge in [-0.3, -0.25) is 4.79 Å². The van der Waals surface area contributed by atoms with Crippen LogP contribution in [0.5, 0.6) is 0 Å². The summed E-state index contributed by atoms with van der Waals surface area (Å²) in [4.78, 5) is 21.2. The highest BCUT2D eigenvalue weighted by Crippen LogP contribution is 2.24. The number of carbonyl (C=O) groups excluding carboxylic acids is 1. The van der Waals surface area contributed by atoms with Crippen LogP contribution in [0, 0.1) is 33.6 Å². The van der Waals surface area contributed by atoms with Crippen molar-refractivity contribution in [3.05, 3.63) is 46.3 Å². The molecular formula is C20H28N4O. The van der Waals surface area contributed by atoms with Crippen LogP contribution in [0.1, 0.15) is 53.1 Å². The molecule has 0 unspecified atom stereocenters. The number of carbonyl (C=O) groups is 1. The lowest BCUT2D eigenvalue weighted by Gasteiger charge is -2.14. The Kier molecular flexibility index (Phi) is 6.12. The summed E-state index contributed by atoms with van der Waals surface area (Å²) in [7, 11) is 0. The van der Waals surface area contributed by atoms with Gasteiger partial charge in [-0.15, -0.1) is 0 Å². The van der Waals surface area contributed by atoms with Crippen molar-refractivity contribution in [1.82, 2.24) is 15.3 Å². The summed E-state index contributed by atoms with van der Waals surface area (Å²) in [5.41, 5.74) is 5.62. The normalized spacial score (nSPS) is 10.8. The topological polar surface area (TPSA) is 66.9 Å². The Bertz CT molecular complexity index is 745. The Morgan fingerprint density at radius 2 is 1.68 bits per heavy atom. The summed E-state index contributed by atoms with van der Waals surface area (Å²) in [6, 6.07) is 5.94. The van der Waals surface area contributed by atoms with Crippen LogP contribution < -0.4 is 10.6 Å². The van der Waals surface area contributed by atoms with Gasteiger partial charge in [0.15, 0.2) is 0 Å². The first kappa shape index (κ1) is 18.9. The van der Waals surface area contributed by atoms with E-state index >= 15 is 0 Å². The first-order valence-electron chi connectivity index (χ1n) is 8.75. The van der Waals surface area contributed by atoms with Gasteiger partial charge in [0, 0.05) is 17.9 Å². The molecule has 0 saturated carbocycles. The van der Waals surface area contributed by atoms with Gasteiger partial charge < -0.3 is 10.6 Å². The van der Waals surface area contributed by atoms with Crippen molar-refractivity contribution in [2.75, 3.05) is 11.9 Å². The summed E-state index contributed by atoms with van der Waals surface area (Å²) < 4.78 is 0. The molecule has 1 aromatic carbocycles. The Morgan fingerprint density at radius 1 is 1.04 bits per heavy atom. The van der Waals surface area contributed by atoms with Crippen LogP contribution in [0.25, 0.3) is 0 Å². The lowest BCUT2D eigenvalue weighted by molar-refractivity contribution is 0.0947. The fourth-order valence-corrected chi connectivity index (χ4v) is 2.79. The molecule has 0 bridgehead atoms. The van der Waals surface area contributed by atoms with Crippen LogP contribution in [0.4, 0.5) is 11.6 Å². The lowest BCUT2D eigenvalue weighted by atomic mass is 10.1. The molecule has 1 amide bonds. The summed E-state index contributed by atoms with van der Waals surface area (Å²) in [6.07, 6.45) is 0.947. The number of aromatic nitrogens is 2. The quantitative estimate of drug-likeness (QED) is 0.826. The van der Waals surface area contributed by atoms with Crippen LogP contribution in [0.15, 0.2) is 18.2 Å². The van der Waals surface area contributed by atoms with Crippen molar-refractivity contribution in [3.8, 4) is 0 Å². The third-order valence-electron chi connectivity index (χ3n) is 4.01. The average molecular weight is 340 g/mol. The lowest BCUT2D eigenvalue weighted by Crippen LogP contribution is -2.26. The predicted molar refractivity (Wildman–Crippen MR) is 102 cm³/mol. The minimum atomic E-state index is -0.161. The molecule has 1 aromatic heterocycles. The predicted octanol–water partition coefficient (Wildman–Crippen LogP) is 4.23. The molecule has 0 aliphatic rings. The monoisotopic (exact) mass is 340 g/mol. The SMILES string of the molecule is Cc1cc(C)c(Nc2nc(C)cc(C(=O)NCCC(C)C)n2)c(C)c1. The molecule has 0 spiro atoms. The summed E-state index contributed by atoms with van der Waals surface area (Å²) in [5, 5.41) is 6.20. The number of benzene rings is 1. The molecule has 5 heteroatoms. The van der Waals surface area contributed by atoms with E-state index in [1.807, 2.05) is 6.92 Å². The number of rotatable bonds is 6. The maximum absolute atomic E-state index is 12.3. The highest BCUT2D eigenvalue weighted by atomic mass is 16.1. The zero-order chi connectivity index (χ0) is 18.6. The van der Waals surface area contributed by atoms with E-state index in [1.54, 1.807) is 6.07 Å². The first-order valence-corrected chi connectivity index (χ1v) is 8.75. The van der Waals surface area contributed by atoms with Crippen LogP contribution in [0.2, 0.25) is 0 Å². The summed E-state index contributed by atoms with van der Waals surface area (Å²) in [6.45, 7) is 13.0. The van der Waals surface area contributed by atoms with Crippen molar-refractivity contribution < 1.29 is 4.79 Å². The summed E-state index contributed by atoms with van der Waals surface area (Å²) in [5.74, 6) is 0.841. The highest BCUT2D eigenvalue weighted by molar-refractivity contribution is 5.92. The number of hydrogen-bond donors (Lipinski definition) is 2. The Labute approximate surface area is 150 Å². The zero-order valence-electron chi connectivity index (χ0n) is 16.0. The molecule has 25 heavy (non-hydrogen) atoms. The fraction of sp³-hybridized carbons (Fsp3) is 0.450. The van der Waals surface area contributed by atoms with E-state index in [9.17, 15) is 4.79 Å². The van der Waals surface area contributed by atoms with Gasteiger partial charge in [0.25, 0.3) is 5.91 Å². The van der Waals surface area contributed by atoms with Gasteiger partial charge in [0.1, 0.15) is 5.69 Å². The van der Waals surface area contributed by atoms with Gasteiger partial charge >= 0.3 is 0 Å². The van der Waals surface area contributed by atoms with Gasteiger partial charge in [-0.25, -0.2) is 9.97 Å². The van der Waals surface area contributed by atoms with Gasteiger partial charge in [0.05, 0.1) is 0 Å². The van der Waals surface area contributed by atoms with Crippen LogP contribution >= 0.6 is 0 Å². The maximum Gasteiger partial charge on any atom is 0.270 e. The third kappa shape index (κ3) is 5.28. The van der Waals surface area contributed by atoms with E-state index in [4.69, 9.17) is 0 Å². The van der Waals surface area contributed by atoms with Crippen molar-refractivity contribution in [1.29, 1.82) is 0 Å². The van der Waals surface area contributed by atoms with Crippen LogP contribution in [-0.2, 0) is 0 Å². The van der Waals surface area contributed by atoms with Crippen molar-refractivity contribution in [3.63, 3.8) is 0 Å². The molecule has 0 atom stereocenters. The molecule has 1 heterocycles. The molecule has 0 fully saturated rings. The van der Waals surface area contributed by atoms with E-state index < -0.39 is 0 Å². The second-order valence-corrected chi connectivity index (χ2v) is 7.06. The number of anilines is 2. The smallest absolute Gasteiger partial charge is 0.270 e. The molecule has 134 valence electrons. The Hall–Kier alpha value is -2.43. The molecule has 0 radical (unpaired) electrons. The van der Waals surface area contributed by atoms with Crippen LogP contribution in [0.3, 0.4) is 0 Å². The van der Waals surface area contributed by atoms with Gasteiger partial charge in [0.2, 0.25) is 5.95 Å². The van der Waals surface area contributed by atoms with Gasteiger partial charge in [-0.05, 0) is 57.2 Å². The minimum Gasteiger partial charge on any atom is -0.351 e. The second kappa shape index (κ2) is 8.10. The molecule has 5 nitrogen and oxygen atoms in total. The molecule has 2 N–H and O–H groups in total. The van der Waals surface area contributed by atoms with Crippen molar-refractivity contribution >= 4 is 17.5 Å². The Morgan fingerprint density at radius 3 is 2.28 bits per heavy atom. The van der Waals surface area contributed by atoms with E-state index in [-0.39, 0.29) is 5.91 Å². The maximum atomic E-state index is 12.3. The number of amides is 1. The number of hydrogen-bond acceptors (Lipinski definition) is 4. The number of aryl methyl sites for hydroxylation is 4. The van der Waals surface area contributed by atoms with Gasteiger partial charge in [-0.2, -0.15) is 0 Å². The van der Waals surface area contributed by atoms with E-state index in [0.717, 1.165) is 28.9 Å². The average Bonchev–Trinajstić information content (AvgIpc) is 2.49. The van der Waals surface area contributed by atoms with E-state index in [0.29, 0.717) is 24.1 Å². The van der Waals surface area contributed by atoms with E-state index in [2.05, 4.69) is 67.4 Å². The molecule has 0 aliphatic carbocycles. The van der Waals surface area contributed by atoms with Crippen LogP contribution in [-0.4, -0.2) is 22.4 Å². The first-order chi connectivity index (χ1) is 11.8. The molecule has 0 saturated heterocycles. The number of nitrogens with zero attached hydrogens (tertiary/aromatic N) is 2. The molecule has 0 aliphatic heterocycles. The summed E-state index contributed by atoms with van der Waals surface area (Å²) >= 11 is 0. The van der Waals surface area contributed by atoms with Crippen molar-refractivity contribution in [2.45, 2.75) is 48.0 Å². The fourth-order valence-electron chi connectivity index (χ4n) is 2.79.